The van der Waals surface area contributed by atoms with Crippen molar-refractivity contribution in [3.8, 4) is 0 Å². The lowest BCUT2D eigenvalue weighted by atomic mass is 10.1. The van der Waals surface area contributed by atoms with Crippen molar-refractivity contribution in [1.82, 2.24) is 15.2 Å². The molecule has 2 amide bonds. The largest absolute Gasteiger partial charge is 0.367 e. The third-order valence-electron chi connectivity index (χ3n) is 4.07. The standard InChI is InChI=1S/C18H23N3O2S/c1-13-4-3-5-16(20-13)6-8-19-18(22)21-10-14(2)23-17(11-21)15-7-9-24-12-15/h3-5,7,9,12,14,17H,6,8,10-11H2,1-2H3,(H,19,22)/t14-,17+/m1/s1. The lowest BCUT2D eigenvalue weighted by Gasteiger charge is -2.36. The van der Waals surface area contributed by atoms with Crippen LogP contribution in [0.15, 0.2) is 35.0 Å². The van der Waals surface area contributed by atoms with Gasteiger partial charge >= 0.3 is 6.03 Å². The average molecular weight is 345 g/mol. The molecule has 0 spiro atoms. The monoisotopic (exact) mass is 345 g/mol. The molecule has 0 radical (unpaired) electrons. The van der Waals surface area contributed by atoms with Gasteiger partial charge in [-0.3, -0.25) is 4.98 Å². The molecule has 3 rings (SSSR count). The van der Waals surface area contributed by atoms with E-state index in [0.717, 1.165) is 23.4 Å². The second kappa shape index (κ2) is 7.77. The molecule has 1 fully saturated rings. The number of aryl methyl sites for hydroxylation is 1. The van der Waals surface area contributed by atoms with Crippen LogP contribution >= 0.6 is 11.3 Å². The molecule has 24 heavy (non-hydrogen) atoms. The Kier molecular flexibility index (Phi) is 5.48. The normalized spacial score (nSPS) is 20.8. The first-order chi connectivity index (χ1) is 11.6. The van der Waals surface area contributed by atoms with Gasteiger partial charge < -0.3 is 15.0 Å². The number of urea groups is 1. The highest BCUT2D eigenvalue weighted by Gasteiger charge is 2.29. The van der Waals surface area contributed by atoms with Crippen LogP contribution in [0.25, 0.3) is 0 Å². The predicted molar refractivity (Wildman–Crippen MR) is 95.3 cm³/mol. The summed E-state index contributed by atoms with van der Waals surface area (Å²) in [5, 5.41) is 7.13. The molecule has 1 saturated heterocycles. The molecule has 6 heteroatoms. The van der Waals surface area contributed by atoms with Crippen molar-refractivity contribution in [2.24, 2.45) is 0 Å². The van der Waals surface area contributed by atoms with Gasteiger partial charge in [-0.25, -0.2) is 4.79 Å². The van der Waals surface area contributed by atoms with E-state index in [0.29, 0.717) is 19.6 Å². The van der Waals surface area contributed by atoms with Crippen LogP contribution in [0, 0.1) is 6.92 Å². The number of amides is 2. The minimum Gasteiger partial charge on any atom is -0.367 e. The maximum Gasteiger partial charge on any atom is 0.317 e. The first-order valence-corrected chi connectivity index (χ1v) is 9.19. The van der Waals surface area contributed by atoms with Crippen molar-refractivity contribution in [3.05, 3.63) is 52.0 Å². The van der Waals surface area contributed by atoms with E-state index in [1.807, 2.05) is 42.3 Å². The number of ether oxygens (including phenoxy) is 1. The highest BCUT2D eigenvalue weighted by molar-refractivity contribution is 7.07. The van der Waals surface area contributed by atoms with Crippen molar-refractivity contribution in [3.63, 3.8) is 0 Å². The van der Waals surface area contributed by atoms with Crippen molar-refractivity contribution >= 4 is 17.4 Å². The third-order valence-corrected chi connectivity index (χ3v) is 4.77. The molecule has 2 aromatic heterocycles. The summed E-state index contributed by atoms with van der Waals surface area (Å²) in [6.45, 7) is 5.78. The maximum atomic E-state index is 12.5. The van der Waals surface area contributed by atoms with E-state index in [9.17, 15) is 4.79 Å². The number of thiophene rings is 1. The van der Waals surface area contributed by atoms with Gasteiger partial charge in [-0.1, -0.05) is 6.07 Å². The van der Waals surface area contributed by atoms with Crippen LogP contribution in [0.5, 0.6) is 0 Å². The number of hydrogen-bond acceptors (Lipinski definition) is 4. The molecule has 0 saturated carbocycles. The van der Waals surface area contributed by atoms with E-state index in [2.05, 4.69) is 21.7 Å². The summed E-state index contributed by atoms with van der Waals surface area (Å²) in [6, 6.07) is 7.99. The van der Waals surface area contributed by atoms with E-state index in [1.54, 1.807) is 11.3 Å². The zero-order chi connectivity index (χ0) is 16.9. The molecule has 128 valence electrons. The number of hydrogen-bond donors (Lipinski definition) is 1. The molecule has 1 aliphatic heterocycles. The van der Waals surface area contributed by atoms with Gasteiger partial charge in [-0.15, -0.1) is 0 Å². The van der Waals surface area contributed by atoms with Gasteiger partial charge in [0.05, 0.1) is 12.6 Å². The number of nitrogens with zero attached hydrogens (tertiary/aromatic N) is 2. The molecule has 0 aliphatic carbocycles. The molecule has 0 aromatic carbocycles. The Morgan fingerprint density at radius 2 is 2.29 bits per heavy atom. The summed E-state index contributed by atoms with van der Waals surface area (Å²) in [6.07, 6.45) is 0.735. The maximum absolute atomic E-state index is 12.5. The average Bonchev–Trinajstić information content (AvgIpc) is 3.09. The second-order valence-electron chi connectivity index (χ2n) is 6.15. The zero-order valence-electron chi connectivity index (χ0n) is 14.1. The molecule has 0 unspecified atom stereocenters. The summed E-state index contributed by atoms with van der Waals surface area (Å²) < 4.78 is 5.97. The van der Waals surface area contributed by atoms with Gasteiger partial charge in [-0.2, -0.15) is 11.3 Å². The van der Waals surface area contributed by atoms with Crippen LogP contribution < -0.4 is 5.32 Å². The van der Waals surface area contributed by atoms with Gasteiger partial charge in [0, 0.05) is 30.9 Å². The van der Waals surface area contributed by atoms with E-state index in [1.165, 1.54) is 0 Å². The highest BCUT2D eigenvalue weighted by atomic mass is 32.1. The van der Waals surface area contributed by atoms with Crippen molar-refractivity contribution in [2.45, 2.75) is 32.5 Å². The van der Waals surface area contributed by atoms with E-state index in [4.69, 9.17) is 4.74 Å². The fourth-order valence-corrected chi connectivity index (χ4v) is 3.61. The minimum absolute atomic E-state index is 0.0296. The number of carbonyl (C=O) groups is 1. The van der Waals surface area contributed by atoms with Gasteiger partial charge in [0.2, 0.25) is 0 Å². The first-order valence-electron chi connectivity index (χ1n) is 8.24. The Morgan fingerprint density at radius 3 is 3.04 bits per heavy atom. The zero-order valence-corrected chi connectivity index (χ0v) is 14.9. The Labute approximate surface area is 146 Å². The summed E-state index contributed by atoms with van der Waals surface area (Å²) in [4.78, 5) is 18.8. The number of pyridine rings is 1. The van der Waals surface area contributed by atoms with Crippen molar-refractivity contribution < 1.29 is 9.53 Å². The highest BCUT2D eigenvalue weighted by Crippen LogP contribution is 2.26. The molecular weight excluding hydrogens is 322 g/mol. The smallest absolute Gasteiger partial charge is 0.317 e. The fourth-order valence-electron chi connectivity index (χ4n) is 2.91. The predicted octanol–water partition coefficient (Wildman–Crippen LogP) is 3.17. The molecule has 2 aromatic rings. The molecule has 0 bridgehead atoms. The third kappa shape index (κ3) is 4.33. The van der Waals surface area contributed by atoms with Gasteiger partial charge in [0.25, 0.3) is 0 Å². The Balaban J connectivity index is 1.52. The molecule has 2 atom stereocenters. The number of aromatic nitrogens is 1. The summed E-state index contributed by atoms with van der Waals surface area (Å²) >= 11 is 1.65. The summed E-state index contributed by atoms with van der Waals surface area (Å²) in [7, 11) is 0. The Morgan fingerprint density at radius 1 is 1.42 bits per heavy atom. The number of morpholine rings is 1. The van der Waals surface area contributed by atoms with Crippen LogP contribution in [-0.2, 0) is 11.2 Å². The van der Waals surface area contributed by atoms with E-state index < -0.39 is 0 Å². The summed E-state index contributed by atoms with van der Waals surface area (Å²) in [5.41, 5.74) is 3.15. The molecule has 1 aliphatic rings. The van der Waals surface area contributed by atoms with Gasteiger partial charge in [0.1, 0.15) is 6.10 Å². The number of rotatable bonds is 4. The second-order valence-corrected chi connectivity index (χ2v) is 6.93. The van der Waals surface area contributed by atoms with Gasteiger partial charge in [-0.05, 0) is 48.4 Å². The molecular formula is C18H23N3O2S. The van der Waals surface area contributed by atoms with Crippen LogP contribution in [0.3, 0.4) is 0 Å². The van der Waals surface area contributed by atoms with Gasteiger partial charge in [0.15, 0.2) is 0 Å². The lowest BCUT2D eigenvalue weighted by molar-refractivity contribution is -0.0654. The minimum atomic E-state index is -0.0378. The molecule has 1 N–H and O–H groups in total. The van der Waals surface area contributed by atoms with E-state index >= 15 is 0 Å². The van der Waals surface area contributed by atoms with Crippen molar-refractivity contribution in [1.29, 1.82) is 0 Å². The first kappa shape index (κ1) is 16.9. The fraction of sp³-hybridized carbons (Fsp3) is 0.444. The molecule has 3 heterocycles. The SMILES string of the molecule is Cc1cccc(CCNC(=O)N2C[C@@H](C)O[C@H](c3ccsc3)C2)n1. The Hall–Kier alpha value is -1.92. The topological polar surface area (TPSA) is 54.5 Å². The number of carbonyl (C=O) groups excluding carboxylic acids is 1. The number of nitrogens with one attached hydrogen (secondary N) is 1. The van der Waals surface area contributed by atoms with Crippen molar-refractivity contribution in [2.75, 3.05) is 19.6 Å². The van der Waals surface area contributed by atoms with Crippen LogP contribution in [0.2, 0.25) is 0 Å². The Bertz CT molecular complexity index is 675. The lowest BCUT2D eigenvalue weighted by Crippen LogP contribution is -2.50. The molecule has 5 nitrogen and oxygen atoms in total. The van der Waals surface area contributed by atoms with Crippen LogP contribution in [-0.4, -0.2) is 41.7 Å². The van der Waals surface area contributed by atoms with Crippen LogP contribution in [0.4, 0.5) is 4.79 Å². The van der Waals surface area contributed by atoms with Crippen LogP contribution in [0.1, 0.15) is 30.0 Å². The van der Waals surface area contributed by atoms with E-state index in [-0.39, 0.29) is 18.2 Å². The summed E-state index contributed by atoms with van der Waals surface area (Å²) in [5.74, 6) is 0. The quantitative estimate of drug-likeness (QED) is 0.926.